The first-order valence-corrected chi connectivity index (χ1v) is 8.38. The lowest BCUT2D eigenvalue weighted by Crippen LogP contribution is -1.92. The lowest BCUT2D eigenvalue weighted by molar-refractivity contribution is 0.474. The zero-order valence-electron chi connectivity index (χ0n) is 13.1. The minimum absolute atomic E-state index is 0.176. The molecule has 0 unspecified atom stereocenters. The van der Waals surface area contributed by atoms with Gasteiger partial charge in [0.15, 0.2) is 0 Å². The van der Waals surface area contributed by atoms with Gasteiger partial charge >= 0.3 is 0 Å². The van der Waals surface area contributed by atoms with Crippen molar-refractivity contribution in [2.75, 3.05) is 5.43 Å². The van der Waals surface area contributed by atoms with Crippen LogP contribution >= 0.6 is 11.8 Å². The summed E-state index contributed by atoms with van der Waals surface area (Å²) >= 11 is 1.56. The van der Waals surface area contributed by atoms with E-state index in [9.17, 15) is 5.11 Å². The molecule has 0 fully saturated rings. The van der Waals surface area contributed by atoms with E-state index >= 15 is 0 Å². The fourth-order valence-corrected chi connectivity index (χ4v) is 2.91. The molecule has 0 saturated heterocycles. The minimum atomic E-state index is 0.176. The highest BCUT2D eigenvalue weighted by Crippen LogP contribution is 2.21. The number of nitrogens with one attached hydrogen (secondary N) is 2. The number of hydrogen-bond acceptors (Lipinski definition) is 6. The molecule has 1 heterocycles. The third-order valence-electron chi connectivity index (χ3n) is 3.39. The molecule has 0 bridgehead atoms. The van der Waals surface area contributed by atoms with Gasteiger partial charge in [0, 0.05) is 11.3 Å². The van der Waals surface area contributed by atoms with Crippen LogP contribution in [0.25, 0.3) is 0 Å². The number of hydrogen-bond donors (Lipinski definition) is 3. The Hall–Kier alpha value is -2.80. The molecule has 0 aliphatic rings. The zero-order chi connectivity index (χ0) is 16.8. The molecule has 2 aromatic carbocycles. The minimum Gasteiger partial charge on any atom is -0.507 e. The number of anilines is 1. The summed E-state index contributed by atoms with van der Waals surface area (Å²) in [5, 5.41) is 21.3. The van der Waals surface area contributed by atoms with Crippen molar-refractivity contribution in [1.82, 2.24) is 15.2 Å². The maximum Gasteiger partial charge on any atom is 0.240 e. The molecule has 0 amide bonds. The Morgan fingerprint density at radius 3 is 2.83 bits per heavy atom. The van der Waals surface area contributed by atoms with Gasteiger partial charge in [0.1, 0.15) is 5.75 Å². The normalized spacial score (nSPS) is 11.0. The van der Waals surface area contributed by atoms with E-state index in [2.05, 4.69) is 44.8 Å². The molecule has 3 N–H and O–H groups in total. The largest absolute Gasteiger partial charge is 0.507 e. The second kappa shape index (κ2) is 7.65. The van der Waals surface area contributed by atoms with Gasteiger partial charge in [0.05, 0.1) is 6.21 Å². The van der Waals surface area contributed by atoms with Crippen LogP contribution in [0.3, 0.4) is 0 Å². The molecule has 7 heteroatoms. The van der Waals surface area contributed by atoms with Crippen LogP contribution < -0.4 is 5.43 Å². The van der Waals surface area contributed by atoms with E-state index in [1.54, 1.807) is 30.0 Å². The molecule has 0 aliphatic carbocycles. The number of thioether (sulfide) groups is 1. The molecular weight excluding hydrogens is 322 g/mol. The summed E-state index contributed by atoms with van der Waals surface area (Å²) in [5.74, 6) is 1.44. The van der Waals surface area contributed by atoms with Crippen LogP contribution in [0.4, 0.5) is 5.95 Å². The molecule has 24 heavy (non-hydrogen) atoms. The standard InChI is InChI=1S/C17H17N5OS/c1-12-6-2-3-8-14(12)11-24-17-19-16(21-22-17)20-18-10-13-7-4-5-9-15(13)23/h2-10,23H,11H2,1H3,(H2,19,20,21,22)/b18-10+. The van der Waals surface area contributed by atoms with Crippen LogP contribution in [0, 0.1) is 6.92 Å². The smallest absolute Gasteiger partial charge is 0.240 e. The number of nitrogens with zero attached hydrogens (tertiary/aromatic N) is 3. The van der Waals surface area contributed by atoms with E-state index in [0.29, 0.717) is 16.7 Å². The number of phenols is 1. The number of H-pyrrole nitrogens is 1. The van der Waals surface area contributed by atoms with Gasteiger partial charge in [0.2, 0.25) is 11.1 Å². The average Bonchev–Trinajstić information content (AvgIpc) is 3.04. The monoisotopic (exact) mass is 339 g/mol. The Morgan fingerprint density at radius 1 is 1.21 bits per heavy atom. The summed E-state index contributed by atoms with van der Waals surface area (Å²) in [5.41, 5.74) is 5.91. The highest BCUT2D eigenvalue weighted by Gasteiger charge is 2.05. The molecule has 1 aromatic heterocycles. The third kappa shape index (κ3) is 4.14. The van der Waals surface area contributed by atoms with Crippen LogP contribution in [0.5, 0.6) is 5.75 Å². The van der Waals surface area contributed by atoms with Crippen molar-refractivity contribution in [3.8, 4) is 5.75 Å². The van der Waals surface area contributed by atoms with Gasteiger partial charge in [-0.25, -0.2) is 10.5 Å². The molecule has 3 aromatic rings. The third-order valence-corrected chi connectivity index (χ3v) is 4.29. The van der Waals surface area contributed by atoms with Gasteiger partial charge in [-0.15, -0.1) is 5.10 Å². The Labute approximate surface area is 144 Å². The van der Waals surface area contributed by atoms with Crippen LogP contribution in [0.2, 0.25) is 0 Å². The van der Waals surface area contributed by atoms with Gasteiger partial charge < -0.3 is 5.11 Å². The van der Waals surface area contributed by atoms with Crippen molar-refractivity contribution in [3.05, 3.63) is 65.2 Å². The number of aromatic hydroxyl groups is 1. The Kier molecular flexibility index (Phi) is 5.12. The summed E-state index contributed by atoms with van der Waals surface area (Å²) in [6.07, 6.45) is 1.53. The number of hydrazone groups is 1. The second-order valence-electron chi connectivity index (χ2n) is 5.11. The molecule has 0 atom stereocenters. The molecule has 3 rings (SSSR count). The first kappa shape index (κ1) is 16.1. The summed E-state index contributed by atoms with van der Waals surface area (Å²) < 4.78 is 0. The molecule has 0 spiro atoms. The average molecular weight is 339 g/mol. The van der Waals surface area contributed by atoms with Crippen LogP contribution in [0.15, 0.2) is 58.8 Å². The molecular formula is C17H17N5OS. The van der Waals surface area contributed by atoms with Crippen molar-refractivity contribution in [2.24, 2.45) is 5.10 Å². The second-order valence-corrected chi connectivity index (χ2v) is 6.05. The maximum absolute atomic E-state index is 9.65. The van der Waals surface area contributed by atoms with Gasteiger partial charge in [-0.05, 0) is 30.2 Å². The fraction of sp³-hybridized carbons (Fsp3) is 0.118. The fourth-order valence-electron chi connectivity index (χ4n) is 2.03. The van der Waals surface area contributed by atoms with Crippen molar-refractivity contribution in [3.63, 3.8) is 0 Å². The predicted molar refractivity (Wildman–Crippen MR) is 96.4 cm³/mol. The quantitative estimate of drug-likeness (QED) is 0.363. The van der Waals surface area contributed by atoms with E-state index in [-0.39, 0.29) is 5.75 Å². The molecule has 0 aliphatic heterocycles. The maximum atomic E-state index is 9.65. The van der Waals surface area contributed by atoms with E-state index in [1.807, 2.05) is 18.2 Å². The van der Waals surface area contributed by atoms with Gasteiger partial charge in [-0.3, -0.25) is 0 Å². The van der Waals surface area contributed by atoms with Gasteiger partial charge in [-0.1, -0.05) is 48.2 Å². The Morgan fingerprint density at radius 2 is 2.00 bits per heavy atom. The molecule has 0 radical (unpaired) electrons. The number of aromatic nitrogens is 3. The van der Waals surface area contributed by atoms with Crippen LogP contribution in [-0.2, 0) is 5.75 Å². The van der Waals surface area contributed by atoms with Crippen molar-refractivity contribution in [1.29, 1.82) is 0 Å². The number of aryl methyl sites for hydroxylation is 1. The molecule has 0 saturated carbocycles. The van der Waals surface area contributed by atoms with Gasteiger partial charge in [-0.2, -0.15) is 10.1 Å². The van der Waals surface area contributed by atoms with Crippen molar-refractivity contribution in [2.45, 2.75) is 17.8 Å². The number of phenolic OH excluding ortho intramolecular Hbond substituents is 1. The lowest BCUT2D eigenvalue weighted by Gasteiger charge is -2.02. The summed E-state index contributed by atoms with van der Waals surface area (Å²) in [4.78, 5) is 4.32. The van der Waals surface area contributed by atoms with E-state index in [1.165, 1.54) is 17.3 Å². The van der Waals surface area contributed by atoms with E-state index in [0.717, 1.165) is 5.75 Å². The van der Waals surface area contributed by atoms with E-state index < -0.39 is 0 Å². The van der Waals surface area contributed by atoms with Crippen LogP contribution in [0.1, 0.15) is 16.7 Å². The Balaban J connectivity index is 1.56. The highest BCUT2D eigenvalue weighted by atomic mass is 32.2. The van der Waals surface area contributed by atoms with Crippen molar-refractivity contribution < 1.29 is 5.11 Å². The van der Waals surface area contributed by atoms with Crippen molar-refractivity contribution >= 4 is 23.9 Å². The molecule has 122 valence electrons. The summed E-state index contributed by atoms with van der Waals surface area (Å²) in [6.45, 7) is 2.09. The number of benzene rings is 2. The summed E-state index contributed by atoms with van der Waals surface area (Å²) in [6, 6.07) is 15.2. The topological polar surface area (TPSA) is 86.2 Å². The molecule has 6 nitrogen and oxygen atoms in total. The predicted octanol–water partition coefficient (Wildman–Crippen LogP) is 3.56. The number of rotatable bonds is 6. The van der Waals surface area contributed by atoms with E-state index in [4.69, 9.17) is 0 Å². The first-order valence-electron chi connectivity index (χ1n) is 7.39. The van der Waals surface area contributed by atoms with Crippen LogP contribution in [-0.4, -0.2) is 26.5 Å². The highest BCUT2D eigenvalue weighted by molar-refractivity contribution is 7.98. The summed E-state index contributed by atoms with van der Waals surface area (Å²) in [7, 11) is 0. The lowest BCUT2D eigenvalue weighted by atomic mass is 10.1. The first-order chi connectivity index (χ1) is 11.7. The zero-order valence-corrected chi connectivity index (χ0v) is 13.9. The Bertz CT molecular complexity index is 846. The SMILES string of the molecule is Cc1ccccc1CSc1n[nH]c(N/N=C/c2ccccc2O)n1. The number of para-hydroxylation sites is 1. The number of aromatic amines is 1. The van der Waals surface area contributed by atoms with Gasteiger partial charge in [0.25, 0.3) is 0 Å².